The van der Waals surface area contributed by atoms with Gasteiger partial charge in [0.2, 0.25) is 17.2 Å². The van der Waals surface area contributed by atoms with Crippen LogP contribution in [0.3, 0.4) is 0 Å². The first-order chi connectivity index (χ1) is 21.0. The second kappa shape index (κ2) is 13.4. The van der Waals surface area contributed by atoms with Gasteiger partial charge in [0.15, 0.2) is 0 Å². The Hall–Kier alpha value is -3.26. The summed E-state index contributed by atoms with van der Waals surface area (Å²) in [7, 11) is 0. The molecule has 1 amide bonds. The molecule has 1 heterocycles. The zero-order chi connectivity index (χ0) is 31.6. The highest BCUT2D eigenvalue weighted by atomic mass is 35.5. The lowest BCUT2D eigenvalue weighted by Crippen LogP contribution is -2.59. The molecular formula is C33H33Cl2N3O5S. The van der Waals surface area contributed by atoms with E-state index in [2.05, 4.69) is 6.07 Å². The SMILES string of the molecule is CC1(CC(=O)O)CC(c2cccc(Cl)c2)C(c2ccc(Cl)cc2)N(C(CN(Cc2ccccc2C#N)S(=O)O)C2CC2)C1=O. The Kier molecular flexibility index (Phi) is 9.78. The zero-order valence-corrected chi connectivity index (χ0v) is 26.4. The van der Waals surface area contributed by atoms with Gasteiger partial charge in [-0.15, -0.1) is 0 Å². The zero-order valence-electron chi connectivity index (χ0n) is 24.1. The van der Waals surface area contributed by atoms with Crippen LogP contribution >= 0.6 is 23.2 Å². The van der Waals surface area contributed by atoms with Gasteiger partial charge in [-0.2, -0.15) is 9.57 Å². The number of rotatable bonds is 11. The molecule has 11 heteroatoms. The Labute approximate surface area is 269 Å². The molecule has 5 rings (SSSR count). The number of amides is 1. The molecule has 2 fully saturated rings. The minimum atomic E-state index is -2.42. The number of aliphatic carboxylic acids is 1. The average molecular weight is 655 g/mol. The predicted molar refractivity (Wildman–Crippen MR) is 169 cm³/mol. The van der Waals surface area contributed by atoms with Gasteiger partial charge in [0, 0.05) is 35.1 Å². The van der Waals surface area contributed by atoms with Gasteiger partial charge < -0.3 is 10.0 Å². The van der Waals surface area contributed by atoms with Gasteiger partial charge in [-0.25, -0.2) is 4.21 Å². The molecule has 0 aromatic heterocycles. The van der Waals surface area contributed by atoms with Crippen molar-refractivity contribution in [1.29, 1.82) is 5.26 Å². The van der Waals surface area contributed by atoms with E-state index in [0.29, 0.717) is 21.2 Å². The number of hydrogen-bond donors (Lipinski definition) is 2. The first-order valence-electron chi connectivity index (χ1n) is 14.4. The molecule has 230 valence electrons. The second-order valence-corrected chi connectivity index (χ2v) is 13.8. The summed E-state index contributed by atoms with van der Waals surface area (Å²) < 4.78 is 24.6. The molecule has 2 N–H and O–H groups in total. The van der Waals surface area contributed by atoms with Crippen molar-refractivity contribution in [3.05, 3.63) is 105 Å². The van der Waals surface area contributed by atoms with Crippen LogP contribution in [0, 0.1) is 22.7 Å². The summed E-state index contributed by atoms with van der Waals surface area (Å²) in [5.74, 6) is -1.68. The van der Waals surface area contributed by atoms with Gasteiger partial charge in [-0.1, -0.05) is 72.6 Å². The highest BCUT2D eigenvalue weighted by Gasteiger charge is 2.54. The van der Waals surface area contributed by atoms with Crippen LogP contribution in [0.15, 0.2) is 72.8 Å². The molecule has 3 aromatic rings. The Morgan fingerprint density at radius 2 is 1.80 bits per heavy atom. The van der Waals surface area contributed by atoms with Crippen LogP contribution in [0.5, 0.6) is 0 Å². The second-order valence-electron chi connectivity index (χ2n) is 11.9. The van der Waals surface area contributed by atoms with Gasteiger partial charge in [0.25, 0.3) is 0 Å². The van der Waals surface area contributed by atoms with E-state index in [4.69, 9.17) is 23.2 Å². The maximum Gasteiger partial charge on any atom is 0.304 e. The third-order valence-corrected chi connectivity index (χ3v) is 9.96. The fourth-order valence-corrected chi connectivity index (χ4v) is 7.39. The number of carboxylic acid groups (broad SMARTS) is 1. The molecule has 0 bridgehead atoms. The number of carboxylic acids is 1. The largest absolute Gasteiger partial charge is 0.481 e. The number of nitriles is 1. The van der Waals surface area contributed by atoms with E-state index in [1.165, 1.54) is 4.31 Å². The van der Waals surface area contributed by atoms with Crippen molar-refractivity contribution in [2.75, 3.05) is 6.54 Å². The third kappa shape index (κ3) is 7.01. The Morgan fingerprint density at radius 3 is 2.41 bits per heavy atom. The fraction of sp³-hybridized carbons (Fsp3) is 0.364. The van der Waals surface area contributed by atoms with Crippen molar-refractivity contribution < 1.29 is 23.5 Å². The summed E-state index contributed by atoms with van der Waals surface area (Å²) >= 11 is 10.3. The number of nitrogens with zero attached hydrogens (tertiary/aromatic N) is 3. The molecule has 5 unspecified atom stereocenters. The molecule has 5 atom stereocenters. The highest BCUT2D eigenvalue weighted by Crippen LogP contribution is 2.54. The van der Waals surface area contributed by atoms with Crippen LogP contribution in [0.4, 0.5) is 0 Å². The number of likely N-dealkylation sites (tertiary alicyclic amines) is 1. The number of benzene rings is 3. The lowest BCUT2D eigenvalue weighted by Gasteiger charge is -2.52. The van der Waals surface area contributed by atoms with Crippen LogP contribution in [-0.4, -0.2) is 47.5 Å². The Morgan fingerprint density at radius 1 is 1.09 bits per heavy atom. The number of carbonyl (C=O) groups excluding carboxylic acids is 1. The summed E-state index contributed by atoms with van der Waals surface area (Å²) in [4.78, 5) is 28.6. The quantitative estimate of drug-likeness (QED) is 0.219. The summed E-state index contributed by atoms with van der Waals surface area (Å²) in [5, 5.41) is 20.6. The average Bonchev–Trinajstić information content (AvgIpc) is 3.82. The van der Waals surface area contributed by atoms with Crippen molar-refractivity contribution in [1.82, 2.24) is 9.21 Å². The number of halogens is 2. The van der Waals surface area contributed by atoms with E-state index in [1.54, 1.807) is 54.3 Å². The lowest BCUT2D eigenvalue weighted by molar-refractivity contribution is -0.161. The third-order valence-electron chi connectivity index (χ3n) is 8.75. The van der Waals surface area contributed by atoms with Gasteiger partial charge in [0.05, 0.1) is 29.5 Å². The molecule has 1 saturated heterocycles. The first kappa shape index (κ1) is 32.1. The molecule has 2 aliphatic rings. The molecule has 0 spiro atoms. The summed E-state index contributed by atoms with van der Waals surface area (Å²) in [6.07, 6.45) is 1.54. The summed E-state index contributed by atoms with van der Waals surface area (Å²) in [6, 6.07) is 22.7. The molecule has 44 heavy (non-hydrogen) atoms. The number of piperidine rings is 1. The molecule has 0 radical (unpaired) electrons. The van der Waals surface area contributed by atoms with Gasteiger partial charge >= 0.3 is 5.97 Å². The highest BCUT2D eigenvalue weighted by molar-refractivity contribution is 7.76. The summed E-state index contributed by atoms with van der Waals surface area (Å²) in [5.41, 5.74) is 1.44. The number of carbonyl (C=O) groups is 2. The molecule has 8 nitrogen and oxygen atoms in total. The monoisotopic (exact) mass is 653 g/mol. The van der Waals surface area contributed by atoms with E-state index in [-0.39, 0.29) is 43.7 Å². The standard InChI is InChI=1S/C33H33Cl2N3O5S/c1-33(17-30(39)40)16-28(23-7-4-8-27(35)15-23)31(22-11-13-26(34)14-12-22)38(32(33)41)29(21-9-10-21)20-37(44(42)43)19-25-6-3-2-5-24(25)18-36/h2-8,11-15,21,28-29,31H,9-10,16-17,19-20H2,1H3,(H,39,40)(H,42,43). The fourth-order valence-electron chi connectivity index (χ4n) is 6.54. The molecule has 1 aliphatic carbocycles. The van der Waals surface area contributed by atoms with Gasteiger partial charge in [0.1, 0.15) is 0 Å². The minimum Gasteiger partial charge on any atom is -0.481 e. The van der Waals surface area contributed by atoms with E-state index < -0.39 is 34.7 Å². The van der Waals surface area contributed by atoms with Crippen LogP contribution in [-0.2, 0) is 27.4 Å². The smallest absolute Gasteiger partial charge is 0.304 e. The van der Waals surface area contributed by atoms with Gasteiger partial charge in [-0.05, 0) is 72.2 Å². The van der Waals surface area contributed by atoms with E-state index in [9.17, 15) is 28.7 Å². The molecule has 1 aliphatic heterocycles. The Bertz CT molecular complexity index is 1610. The number of hydrogen-bond acceptors (Lipinski definition) is 4. The van der Waals surface area contributed by atoms with Crippen molar-refractivity contribution in [2.24, 2.45) is 11.3 Å². The van der Waals surface area contributed by atoms with E-state index in [0.717, 1.165) is 24.0 Å². The molecular weight excluding hydrogens is 621 g/mol. The predicted octanol–water partition coefficient (Wildman–Crippen LogP) is 6.82. The first-order valence-corrected chi connectivity index (χ1v) is 16.2. The lowest BCUT2D eigenvalue weighted by atomic mass is 9.67. The van der Waals surface area contributed by atoms with Crippen LogP contribution in [0.1, 0.15) is 66.8 Å². The maximum absolute atomic E-state index is 14.7. The van der Waals surface area contributed by atoms with Crippen molar-refractivity contribution in [2.45, 2.75) is 57.2 Å². The minimum absolute atomic E-state index is 0.0216. The van der Waals surface area contributed by atoms with Crippen LogP contribution in [0.2, 0.25) is 10.0 Å². The Balaban J connectivity index is 1.64. The van der Waals surface area contributed by atoms with Crippen molar-refractivity contribution in [3.63, 3.8) is 0 Å². The van der Waals surface area contributed by atoms with Crippen molar-refractivity contribution in [3.8, 4) is 6.07 Å². The van der Waals surface area contributed by atoms with Crippen LogP contribution in [0.25, 0.3) is 0 Å². The van der Waals surface area contributed by atoms with Crippen LogP contribution < -0.4 is 0 Å². The molecule has 3 aromatic carbocycles. The maximum atomic E-state index is 14.7. The normalized spacial score (nSPS) is 23.3. The molecule has 1 saturated carbocycles. The van der Waals surface area contributed by atoms with Gasteiger partial charge in [-0.3, -0.25) is 14.1 Å². The van der Waals surface area contributed by atoms with Crippen molar-refractivity contribution >= 4 is 46.3 Å². The van der Waals surface area contributed by atoms with E-state index >= 15 is 0 Å². The topological polar surface area (TPSA) is 122 Å². The van der Waals surface area contributed by atoms with E-state index in [1.807, 2.05) is 30.3 Å². The summed E-state index contributed by atoms with van der Waals surface area (Å²) in [6.45, 7) is 1.77.